The Morgan fingerprint density at radius 2 is 1.48 bits per heavy atom. The topological polar surface area (TPSA) is 83.5 Å². The molecule has 0 saturated heterocycles. The lowest BCUT2D eigenvalue weighted by atomic mass is 10.0. The molecule has 0 aliphatic rings. The minimum absolute atomic E-state index is 0.176. The quantitative estimate of drug-likeness (QED) is 0.406. The lowest BCUT2D eigenvalue weighted by Gasteiger charge is -2.17. The standard InChI is InChI=1S/C21H35NO4S/c1-3-4-5-6-7-8-9-10-11-12-19(17-21(23)24)22-27(25,26)20-15-13-18(2)14-16-20/h13-16,19,22H,3-12,17H2,1-2H3,(H,23,24)/t19-/m1/s1. The number of hydrogen-bond donors (Lipinski definition) is 2. The molecule has 2 N–H and O–H groups in total. The maximum atomic E-state index is 12.5. The largest absolute Gasteiger partial charge is 0.481 e. The Bertz CT molecular complexity index is 641. The van der Waals surface area contributed by atoms with Gasteiger partial charge in [0, 0.05) is 6.04 Å². The van der Waals surface area contributed by atoms with Crippen molar-refractivity contribution in [3.8, 4) is 0 Å². The van der Waals surface area contributed by atoms with Gasteiger partial charge in [-0.05, 0) is 25.5 Å². The molecule has 1 aromatic carbocycles. The van der Waals surface area contributed by atoms with Gasteiger partial charge in [0.25, 0.3) is 0 Å². The number of benzene rings is 1. The predicted molar refractivity (Wildman–Crippen MR) is 109 cm³/mol. The van der Waals surface area contributed by atoms with Crippen molar-refractivity contribution in [2.75, 3.05) is 0 Å². The fourth-order valence-corrected chi connectivity index (χ4v) is 4.39. The first-order chi connectivity index (χ1) is 12.8. The van der Waals surface area contributed by atoms with Crippen molar-refractivity contribution in [2.45, 2.75) is 95.4 Å². The first kappa shape index (κ1) is 23.6. The number of hydrogen-bond acceptors (Lipinski definition) is 3. The molecule has 1 aromatic rings. The lowest BCUT2D eigenvalue weighted by molar-refractivity contribution is -0.137. The summed E-state index contributed by atoms with van der Waals surface area (Å²) in [6.07, 6.45) is 10.9. The third-order valence-corrected chi connectivity index (χ3v) is 6.27. The number of carboxylic acid groups (broad SMARTS) is 1. The van der Waals surface area contributed by atoms with E-state index in [1.807, 2.05) is 6.92 Å². The van der Waals surface area contributed by atoms with E-state index in [4.69, 9.17) is 5.11 Å². The number of carbonyl (C=O) groups is 1. The lowest BCUT2D eigenvalue weighted by Crippen LogP contribution is -2.36. The van der Waals surface area contributed by atoms with Gasteiger partial charge in [0.05, 0.1) is 11.3 Å². The zero-order valence-corrected chi connectivity index (χ0v) is 17.6. The van der Waals surface area contributed by atoms with Gasteiger partial charge < -0.3 is 5.11 Å². The summed E-state index contributed by atoms with van der Waals surface area (Å²) in [5.41, 5.74) is 0.978. The van der Waals surface area contributed by atoms with E-state index >= 15 is 0 Å². The molecule has 1 atom stereocenters. The Kier molecular flexibility index (Phi) is 11.3. The molecule has 0 bridgehead atoms. The molecule has 5 nitrogen and oxygen atoms in total. The summed E-state index contributed by atoms with van der Waals surface area (Å²) in [6.45, 7) is 4.10. The van der Waals surface area contributed by atoms with Gasteiger partial charge in [-0.1, -0.05) is 82.4 Å². The van der Waals surface area contributed by atoms with Crippen LogP contribution in [0.25, 0.3) is 0 Å². The smallest absolute Gasteiger partial charge is 0.304 e. The van der Waals surface area contributed by atoms with Crippen LogP contribution in [0.5, 0.6) is 0 Å². The van der Waals surface area contributed by atoms with Crippen molar-refractivity contribution < 1.29 is 18.3 Å². The molecule has 0 heterocycles. The van der Waals surface area contributed by atoms with Gasteiger partial charge in [-0.15, -0.1) is 0 Å². The normalized spacial score (nSPS) is 12.8. The van der Waals surface area contributed by atoms with Crippen LogP contribution in [0.2, 0.25) is 0 Å². The van der Waals surface area contributed by atoms with E-state index in [9.17, 15) is 13.2 Å². The summed E-state index contributed by atoms with van der Waals surface area (Å²) in [6, 6.07) is 6.00. The van der Waals surface area contributed by atoms with Gasteiger partial charge in [0.2, 0.25) is 10.0 Å². The Morgan fingerprint density at radius 1 is 0.963 bits per heavy atom. The molecule has 0 amide bonds. The van der Waals surface area contributed by atoms with E-state index in [1.165, 1.54) is 38.5 Å². The molecule has 0 spiro atoms. The molecule has 0 unspecified atom stereocenters. The van der Waals surface area contributed by atoms with Crippen LogP contribution in [0.4, 0.5) is 0 Å². The fraction of sp³-hybridized carbons (Fsp3) is 0.667. The van der Waals surface area contributed by atoms with Gasteiger partial charge in [0.15, 0.2) is 0 Å². The fourth-order valence-electron chi connectivity index (χ4n) is 3.12. The summed E-state index contributed by atoms with van der Waals surface area (Å²) in [5.74, 6) is -0.984. The first-order valence-electron chi connectivity index (χ1n) is 10.2. The van der Waals surface area contributed by atoms with E-state index in [2.05, 4.69) is 11.6 Å². The van der Waals surface area contributed by atoms with Crippen molar-refractivity contribution in [3.05, 3.63) is 29.8 Å². The second-order valence-corrected chi connectivity index (χ2v) is 9.06. The van der Waals surface area contributed by atoms with Crippen LogP contribution >= 0.6 is 0 Å². The SMILES string of the molecule is CCCCCCCCCCC[C@H](CC(=O)O)NS(=O)(=O)c1ccc(C)cc1. The first-order valence-corrected chi connectivity index (χ1v) is 11.6. The minimum Gasteiger partial charge on any atom is -0.481 e. The summed E-state index contributed by atoms with van der Waals surface area (Å²) in [5, 5.41) is 9.10. The van der Waals surface area contributed by atoms with E-state index in [0.717, 1.165) is 24.8 Å². The van der Waals surface area contributed by atoms with Gasteiger partial charge in [-0.25, -0.2) is 13.1 Å². The third-order valence-electron chi connectivity index (χ3n) is 4.73. The van der Waals surface area contributed by atoms with Crippen LogP contribution in [-0.2, 0) is 14.8 Å². The molecular weight excluding hydrogens is 362 g/mol. The molecule has 27 heavy (non-hydrogen) atoms. The summed E-state index contributed by atoms with van der Waals surface area (Å²) in [7, 11) is -3.70. The summed E-state index contributed by atoms with van der Waals surface area (Å²) < 4.78 is 27.6. The molecule has 0 radical (unpaired) electrons. The van der Waals surface area contributed by atoms with E-state index in [-0.39, 0.29) is 11.3 Å². The summed E-state index contributed by atoms with van der Waals surface area (Å²) >= 11 is 0. The molecule has 1 rings (SSSR count). The van der Waals surface area contributed by atoms with Gasteiger partial charge in [0.1, 0.15) is 0 Å². The van der Waals surface area contributed by atoms with Crippen LogP contribution in [-0.4, -0.2) is 25.5 Å². The number of nitrogens with one attached hydrogen (secondary N) is 1. The monoisotopic (exact) mass is 397 g/mol. The zero-order chi connectivity index (χ0) is 20.1. The highest BCUT2D eigenvalue weighted by Gasteiger charge is 2.21. The average Bonchev–Trinajstić information content (AvgIpc) is 2.59. The molecule has 154 valence electrons. The van der Waals surface area contributed by atoms with E-state index < -0.39 is 22.0 Å². The number of aryl methyl sites for hydroxylation is 1. The van der Waals surface area contributed by atoms with Gasteiger partial charge in [-0.2, -0.15) is 0 Å². The number of unbranched alkanes of at least 4 members (excludes halogenated alkanes) is 8. The predicted octanol–water partition coefficient (Wildman–Crippen LogP) is 5.04. The Morgan fingerprint density at radius 3 is 2.00 bits per heavy atom. The molecular formula is C21H35NO4S. The Balaban J connectivity index is 2.42. The molecule has 0 saturated carbocycles. The van der Waals surface area contributed by atoms with Crippen molar-refractivity contribution in [2.24, 2.45) is 0 Å². The van der Waals surface area contributed by atoms with Gasteiger partial charge in [-0.3, -0.25) is 4.79 Å². The van der Waals surface area contributed by atoms with Gasteiger partial charge >= 0.3 is 5.97 Å². The molecule has 0 aliphatic heterocycles. The third kappa shape index (κ3) is 10.5. The summed E-state index contributed by atoms with van der Waals surface area (Å²) in [4.78, 5) is 11.3. The maximum Gasteiger partial charge on any atom is 0.304 e. The minimum atomic E-state index is -3.70. The van der Waals surface area contributed by atoms with Crippen LogP contribution in [0.3, 0.4) is 0 Å². The molecule has 0 aromatic heterocycles. The second-order valence-electron chi connectivity index (χ2n) is 7.35. The highest BCUT2D eigenvalue weighted by molar-refractivity contribution is 7.89. The molecule has 6 heteroatoms. The number of rotatable bonds is 15. The zero-order valence-electron chi connectivity index (χ0n) is 16.7. The van der Waals surface area contributed by atoms with Crippen molar-refractivity contribution in [1.29, 1.82) is 0 Å². The Hall–Kier alpha value is -1.40. The number of sulfonamides is 1. The van der Waals surface area contributed by atoms with E-state index in [1.54, 1.807) is 24.3 Å². The second kappa shape index (κ2) is 12.9. The van der Waals surface area contributed by atoms with Crippen LogP contribution < -0.4 is 4.72 Å². The molecule has 0 fully saturated rings. The highest BCUT2D eigenvalue weighted by Crippen LogP contribution is 2.15. The number of carboxylic acids is 1. The van der Waals surface area contributed by atoms with Crippen LogP contribution in [0.1, 0.15) is 83.1 Å². The maximum absolute atomic E-state index is 12.5. The van der Waals surface area contributed by atoms with E-state index in [0.29, 0.717) is 6.42 Å². The Labute approximate surface area is 164 Å². The van der Waals surface area contributed by atoms with Crippen LogP contribution in [0, 0.1) is 6.92 Å². The van der Waals surface area contributed by atoms with Crippen molar-refractivity contribution in [3.63, 3.8) is 0 Å². The highest BCUT2D eigenvalue weighted by atomic mass is 32.2. The average molecular weight is 398 g/mol. The van der Waals surface area contributed by atoms with Crippen molar-refractivity contribution in [1.82, 2.24) is 4.72 Å². The number of aliphatic carboxylic acids is 1. The molecule has 0 aliphatic carbocycles. The van der Waals surface area contributed by atoms with Crippen molar-refractivity contribution >= 4 is 16.0 Å². The van der Waals surface area contributed by atoms with Crippen LogP contribution in [0.15, 0.2) is 29.2 Å².